The van der Waals surface area contributed by atoms with Crippen molar-refractivity contribution in [3.63, 3.8) is 0 Å². The van der Waals surface area contributed by atoms with Crippen LogP contribution in [0, 0.1) is 5.41 Å². The molecule has 2 saturated heterocycles. The summed E-state index contributed by atoms with van der Waals surface area (Å²) in [7, 11) is 0. The normalized spacial score (nSPS) is 43.3. The first-order valence-electron chi connectivity index (χ1n) is 5.28. The van der Waals surface area contributed by atoms with E-state index in [2.05, 4.69) is 12.2 Å². The minimum Gasteiger partial charge on any atom is -0.388 e. The van der Waals surface area contributed by atoms with Gasteiger partial charge in [-0.1, -0.05) is 6.92 Å². The molecular weight excluding hydrogens is 182 g/mol. The lowest BCUT2D eigenvalue weighted by Crippen LogP contribution is -2.33. The van der Waals surface area contributed by atoms with E-state index in [4.69, 9.17) is 9.47 Å². The molecular formula is C10H19NO3. The first kappa shape index (κ1) is 10.4. The number of rotatable bonds is 3. The molecule has 2 aliphatic heterocycles. The average Bonchev–Trinajstić information content (AvgIpc) is 2.73. The van der Waals surface area contributed by atoms with Gasteiger partial charge in [0.25, 0.3) is 0 Å². The second kappa shape index (κ2) is 4.14. The van der Waals surface area contributed by atoms with Crippen molar-refractivity contribution in [3.8, 4) is 0 Å². The smallest absolute Gasteiger partial charge is 0.109 e. The molecule has 3 unspecified atom stereocenters. The van der Waals surface area contributed by atoms with Crippen molar-refractivity contribution in [1.82, 2.24) is 5.32 Å². The van der Waals surface area contributed by atoms with Gasteiger partial charge in [-0.2, -0.15) is 0 Å². The fraction of sp³-hybridized carbons (Fsp3) is 1.00. The van der Waals surface area contributed by atoms with E-state index in [0.29, 0.717) is 19.8 Å². The fourth-order valence-corrected chi connectivity index (χ4v) is 1.98. The zero-order valence-corrected chi connectivity index (χ0v) is 8.66. The molecule has 0 saturated carbocycles. The molecule has 4 nitrogen and oxygen atoms in total. The van der Waals surface area contributed by atoms with Crippen molar-refractivity contribution < 1.29 is 14.6 Å². The summed E-state index contributed by atoms with van der Waals surface area (Å²) in [5.74, 6) is 0. The van der Waals surface area contributed by atoms with Crippen LogP contribution in [0.5, 0.6) is 0 Å². The van der Waals surface area contributed by atoms with Crippen LogP contribution in [0.15, 0.2) is 0 Å². The quantitative estimate of drug-likeness (QED) is 0.662. The van der Waals surface area contributed by atoms with Gasteiger partial charge in [-0.15, -0.1) is 0 Å². The molecule has 4 heteroatoms. The Bertz CT molecular complexity index is 192. The van der Waals surface area contributed by atoms with Gasteiger partial charge in [0.2, 0.25) is 0 Å². The number of aliphatic hydroxyl groups excluding tert-OH is 1. The van der Waals surface area contributed by atoms with Gasteiger partial charge >= 0.3 is 0 Å². The third kappa shape index (κ3) is 2.25. The van der Waals surface area contributed by atoms with Crippen LogP contribution in [0.1, 0.15) is 13.3 Å². The van der Waals surface area contributed by atoms with Crippen molar-refractivity contribution in [2.45, 2.75) is 25.6 Å². The second-order valence-corrected chi connectivity index (χ2v) is 4.69. The molecule has 0 aromatic carbocycles. The van der Waals surface area contributed by atoms with Crippen LogP contribution >= 0.6 is 0 Å². The van der Waals surface area contributed by atoms with Crippen LogP contribution in [0.2, 0.25) is 0 Å². The number of aliphatic hydroxyl groups is 1. The molecule has 0 radical (unpaired) electrons. The SMILES string of the molecule is CC1(COC2COCC2O)CCNC1. The summed E-state index contributed by atoms with van der Waals surface area (Å²) < 4.78 is 10.8. The molecule has 0 aliphatic carbocycles. The molecule has 0 aromatic rings. The lowest BCUT2D eigenvalue weighted by molar-refractivity contribution is -0.0408. The van der Waals surface area contributed by atoms with Gasteiger partial charge in [-0.25, -0.2) is 0 Å². The van der Waals surface area contributed by atoms with Gasteiger partial charge in [-0.05, 0) is 13.0 Å². The Morgan fingerprint density at radius 2 is 2.43 bits per heavy atom. The van der Waals surface area contributed by atoms with Crippen LogP contribution in [-0.2, 0) is 9.47 Å². The Labute approximate surface area is 84.6 Å². The molecule has 2 fully saturated rings. The van der Waals surface area contributed by atoms with E-state index in [-0.39, 0.29) is 11.5 Å². The van der Waals surface area contributed by atoms with E-state index in [0.717, 1.165) is 19.5 Å². The van der Waals surface area contributed by atoms with E-state index in [1.54, 1.807) is 0 Å². The summed E-state index contributed by atoms with van der Waals surface area (Å²) in [6.45, 7) is 5.96. The van der Waals surface area contributed by atoms with Crippen LogP contribution in [0.3, 0.4) is 0 Å². The highest BCUT2D eigenvalue weighted by Crippen LogP contribution is 2.26. The third-order valence-corrected chi connectivity index (χ3v) is 3.10. The third-order valence-electron chi connectivity index (χ3n) is 3.10. The number of ether oxygens (including phenoxy) is 2. The molecule has 2 heterocycles. The predicted octanol–water partition coefficient (Wildman–Crippen LogP) is -0.238. The van der Waals surface area contributed by atoms with Crippen molar-refractivity contribution in [3.05, 3.63) is 0 Å². The fourth-order valence-electron chi connectivity index (χ4n) is 1.98. The molecule has 14 heavy (non-hydrogen) atoms. The topological polar surface area (TPSA) is 50.7 Å². The highest BCUT2D eigenvalue weighted by Gasteiger charge is 2.33. The summed E-state index contributed by atoms with van der Waals surface area (Å²) in [5, 5.41) is 12.8. The zero-order valence-electron chi connectivity index (χ0n) is 8.66. The molecule has 2 N–H and O–H groups in total. The molecule has 0 amide bonds. The summed E-state index contributed by atoms with van der Waals surface area (Å²) in [5.41, 5.74) is 0.238. The van der Waals surface area contributed by atoms with E-state index in [1.807, 2.05) is 0 Å². The summed E-state index contributed by atoms with van der Waals surface area (Å²) in [6, 6.07) is 0. The molecule has 0 aromatic heterocycles. The summed E-state index contributed by atoms with van der Waals surface area (Å²) in [6.07, 6.45) is 0.594. The Kier molecular flexibility index (Phi) is 3.07. The monoisotopic (exact) mass is 201 g/mol. The second-order valence-electron chi connectivity index (χ2n) is 4.69. The number of hydrogen-bond donors (Lipinski definition) is 2. The summed E-state index contributed by atoms with van der Waals surface area (Å²) >= 11 is 0. The average molecular weight is 201 g/mol. The van der Waals surface area contributed by atoms with E-state index < -0.39 is 6.10 Å². The molecule has 2 aliphatic rings. The highest BCUT2D eigenvalue weighted by atomic mass is 16.6. The minimum absolute atomic E-state index is 0.118. The van der Waals surface area contributed by atoms with Crippen LogP contribution in [0.25, 0.3) is 0 Å². The zero-order chi connectivity index (χ0) is 10.0. The van der Waals surface area contributed by atoms with Crippen molar-refractivity contribution in [2.24, 2.45) is 5.41 Å². The first-order valence-corrected chi connectivity index (χ1v) is 5.28. The van der Waals surface area contributed by atoms with Crippen molar-refractivity contribution >= 4 is 0 Å². The first-order chi connectivity index (χ1) is 6.70. The lowest BCUT2D eigenvalue weighted by Gasteiger charge is -2.25. The number of hydrogen-bond acceptors (Lipinski definition) is 4. The maximum Gasteiger partial charge on any atom is 0.109 e. The van der Waals surface area contributed by atoms with Gasteiger partial charge < -0.3 is 19.9 Å². The van der Waals surface area contributed by atoms with Gasteiger partial charge in [0.15, 0.2) is 0 Å². The molecule has 3 atom stereocenters. The summed E-state index contributed by atoms with van der Waals surface area (Å²) in [4.78, 5) is 0. The molecule has 0 spiro atoms. The Morgan fingerprint density at radius 1 is 1.57 bits per heavy atom. The van der Waals surface area contributed by atoms with Gasteiger partial charge in [0.1, 0.15) is 12.2 Å². The Balaban J connectivity index is 1.75. The van der Waals surface area contributed by atoms with Gasteiger partial charge in [0, 0.05) is 12.0 Å². The number of nitrogens with one attached hydrogen (secondary N) is 1. The molecule has 2 rings (SSSR count). The van der Waals surface area contributed by atoms with Crippen molar-refractivity contribution in [1.29, 1.82) is 0 Å². The maximum atomic E-state index is 9.48. The minimum atomic E-state index is -0.437. The molecule has 0 bridgehead atoms. The predicted molar refractivity (Wildman–Crippen MR) is 52.2 cm³/mol. The van der Waals surface area contributed by atoms with Crippen LogP contribution < -0.4 is 5.32 Å². The van der Waals surface area contributed by atoms with E-state index in [9.17, 15) is 5.11 Å². The molecule has 82 valence electrons. The van der Waals surface area contributed by atoms with Crippen molar-refractivity contribution in [2.75, 3.05) is 32.9 Å². The van der Waals surface area contributed by atoms with E-state index >= 15 is 0 Å². The Morgan fingerprint density at radius 3 is 3.00 bits per heavy atom. The van der Waals surface area contributed by atoms with Gasteiger partial charge in [-0.3, -0.25) is 0 Å². The standard InChI is InChI=1S/C10H19NO3/c1-10(2-3-11-6-10)7-14-9-5-13-4-8(9)12/h8-9,11-12H,2-7H2,1H3. The van der Waals surface area contributed by atoms with Crippen LogP contribution in [0.4, 0.5) is 0 Å². The largest absolute Gasteiger partial charge is 0.388 e. The highest BCUT2D eigenvalue weighted by molar-refractivity contribution is 4.85. The lowest BCUT2D eigenvalue weighted by atomic mass is 9.91. The van der Waals surface area contributed by atoms with E-state index in [1.165, 1.54) is 0 Å². The maximum absolute atomic E-state index is 9.48. The van der Waals surface area contributed by atoms with Gasteiger partial charge in [0.05, 0.1) is 19.8 Å². The Hall–Kier alpha value is -0.160. The van der Waals surface area contributed by atoms with Crippen LogP contribution in [-0.4, -0.2) is 50.2 Å².